The first kappa shape index (κ1) is 34.6. The molecule has 2 saturated heterocycles. The van der Waals surface area contributed by atoms with Crippen LogP contribution in [0.25, 0.3) is 11.0 Å². The molecule has 4 rings (SSSR count). The van der Waals surface area contributed by atoms with Gasteiger partial charge in [0.2, 0.25) is 5.91 Å². The number of aromatic nitrogens is 2. The van der Waals surface area contributed by atoms with Gasteiger partial charge in [-0.1, -0.05) is 13.8 Å². The number of piperidine rings is 1. The van der Waals surface area contributed by atoms with E-state index in [2.05, 4.69) is 4.98 Å². The second-order valence-corrected chi connectivity index (χ2v) is 13.3. The molecule has 0 aliphatic carbocycles. The number of halogens is 2. The molecule has 2 aliphatic heterocycles. The van der Waals surface area contributed by atoms with Crippen LogP contribution in [0, 0.1) is 23.5 Å². The fourth-order valence-electron chi connectivity index (χ4n) is 5.94. The van der Waals surface area contributed by atoms with Gasteiger partial charge in [-0.25, -0.2) is 18.6 Å². The summed E-state index contributed by atoms with van der Waals surface area (Å²) in [5, 5.41) is 0. The van der Waals surface area contributed by atoms with Gasteiger partial charge in [-0.05, 0) is 46.0 Å². The number of fused-ring (bicyclic) bond motifs is 1. The minimum atomic E-state index is -1.05. The van der Waals surface area contributed by atoms with Crippen LogP contribution >= 0.6 is 0 Å². The Kier molecular flexibility index (Phi) is 11.4. The van der Waals surface area contributed by atoms with E-state index in [0.717, 1.165) is 12.1 Å². The molecule has 3 amide bonds. The summed E-state index contributed by atoms with van der Waals surface area (Å²) in [4.78, 5) is 51.0. The van der Waals surface area contributed by atoms with E-state index in [4.69, 9.17) is 14.2 Å². The van der Waals surface area contributed by atoms with Crippen molar-refractivity contribution in [2.24, 2.45) is 11.8 Å². The maximum absolute atomic E-state index is 14.5. The maximum Gasteiger partial charge on any atom is 0.410 e. The standard InChI is InChI=1S/C32H47F2N5O6/c1-21(2)18-39(30(41)28-35-26-16-24(33)25(34)17-27(26)38(28)9-7-8-12-43-6)23-15-22(29(40)36-10-13-44-14-11-36)19-37(20-23)31(42)45-32(3,4)5/h16-17,21-23H,7-15,18-20H2,1-6H3/t22?,23-/m0/s1. The number of methoxy groups -OCH3 is 1. The summed E-state index contributed by atoms with van der Waals surface area (Å²) in [6.07, 6.45) is 1.10. The summed E-state index contributed by atoms with van der Waals surface area (Å²) < 4.78 is 46.6. The Morgan fingerprint density at radius 2 is 1.76 bits per heavy atom. The highest BCUT2D eigenvalue weighted by Crippen LogP contribution is 2.29. The highest BCUT2D eigenvalue weighted by atomic mass is 19.2. The van der Waals surface area contributed by atoms with E-state index in [-0.39, 0.29) is 36.3 Å². The Labute approximate surface area is 263 Å². The van der Waals surface area contributed by atoms with Gasteiger partial charge in [-0.15, -0.1) is 0 Å². The Hall–Kier alpha value is -3.32. The zero-order chi connectivity index (χ0) is 32.9. The van der Waals surface area contributed by atoms with Crippen LogP contribution in [-0.4, -0.2) is 113 Å². The van der Waals surface area contributed by atoms with E-state index in [9.17, 15) is 23.2 Å². The lowest BCUT2D eigenvalue weighted by Crippen LogP contribution is -2.58. The molecule has 13 heteroatoms. The highest BCUT2D eigenvalue weighted by molar-refractivity contribution is 5.95. The van der Waals surface area contributed by atoms with E-state index in [1.165, 1.54) is 4.90 Å². The van der Waals surface area contributed by atoms with E-state index >= 15 is 0 Å². The molecule has 0 saturated carbocycles. The SMILES string of the molecule is COCCCCn1c(C(=O)N(CC(C)C)[C@H]2CC(C(=O)N3CCOCC3)CN(C(=O)OC(C)(C)C)C2)nc2cc(F)c(F)cc21. The minimum absolute atomic E-state index is 0.0358. The number of imidazole rings is 1. The zero-order valence-electron chi connectivity index (χ0n) is 27.3. The predicted octanol–water partition coefficient (Wildman–Crippen LogP) is 4.32. The summed E-state index contributed by atoms with van der Waals surface area (Å²) >= 11 is 0. The monoisotopic (exact) mass is 635 g/mol. The van der Waals surface area contributed by atoms with Crippen molar-refractivity contribution in [3.8, 4) is 0 Å². The normalized spacial score (nSPS) is 19.3. The third-order valence-electron chi connectivity index (χ3n) is 7.98. The van der Waals surface area contributed by atoms with Crippen LogP contribution in [0.4, 0.5) is 13.6 Å². The van der Waals surface area contributed by atoms with Crippen LogP contribution in [-0.2, 0) is 25.5 Å². The molecule has 1 unspecified atom stereocenters. The van der Waals surface area contributed by atoms with Gasteiger partial charge >= 0.3 is 6.09 Å². The molecule has 2 fully saturated rings. The molecule has 2 aliphatic rings. The van der Waals surface area contributed by atoms with Crippen molar-refractivity contribution in [3.63, 3.8) is 0 Å². The van der Waals surface area contributed by atoms with Gasteiger partial charge in [-0.2, -0.15) is 0 Å². The number of carbonyl (C=O) groups excluding carboxylic acids is 3. The van der Waals surface area contributed by atoms with Crippen LogP contribution in [0.1, 0.15) is 64.5 Å². The number of likely N-dealkylation sites (tertiary alicyclic amines) is 1. The first-order valence-electron chi connectivity index (χ1n) is 15.8. The van der Waals surface area contributed by atoms with Gasteiger partial charge in [0.05, 0.1) is 36.2 Å². The van der Waals surface area contributed by atoms with E-state index in [1.807, 2.05) is 13.8 Å². The number of carbonyl (C=O) groups is 3. The molecule has 1 aromatic heterocycles. The molecule has 0 N–H and O–H groups in total. The lowest BCUT2D eigenvalue weighted by molar-refractivity contribution is -0.142. The second-order valence-electron chi connectivity index (χ2n) is 13.3. The molecule has 11 nitrogen and oxygen atoms in total. The van der Waals surface area contributed by atoms with E-state index in [0.29, 0.717) is 70.8 Å². The van der Waals surface area contributed by atoms with Crippen LogP contribution in [0.3, 0.4) is 0 Å². The first-order chi connectivity index (χ1) is 21.3. The summed E-state index contributed by atoms with van der Waals surface area (Å²) in [5.74, 6) is -3.07. The Bertz CT molecular complexity index is 1350. The van der Waals surface area contributed by atoms with Crippen molar-refractivity contribution in [2.75, 3.05) is 59.7 Å². The Balaban J connectivity index is 1.72. The van der Waals surface area contributed by atoms with Gasteiger partial charge in [-0.3, -0.25) is 9.59 Å². The number of rotatable bonds is 10. The van der Waals surface area contributed by atoms with Gasteiger partial charge in [0.1, 0.15) is 5.60 Å². The molecule has 3 heterocycles. The number of hydrogen-bond acceptors (Lipinski definition) is 7. The van der Waals surface area contributed by atoms with Crippen molar-refractivity contribution >= 4 is 28.9 Å². The van der Waals surface area contributed by atoms with Crippen molar-refractivity contribution in [2.45, 2.75) is 72.1 Å². The fraction of sp³-hybridized carbons (Fsp3) is 0.688. The molecular weight excluding hydrogens is 588 g/mol. The van der Waals surface area contributed by atoms with Crippen molar-refractivity contribution in [1.29, 1.82) is 0 Å². The number of morpholine rings is 1. The van der Waals surface area contributed by atoms with Gasteiger partial charge in [0.25, 0.3) is 5.91 Å². The average molecular weight is 636 g/mol. The topological polar surface area (TPSA) is 106 Å². The lowest BCUT2D eigenvalue weighted by atomic mass is 9.91. The number of aryl methyl sites for hydroxylation is 1. The lowest BCUT2D eigenvalue weighted by Gasteiger charge is -2.44. The predicted molar refractivity (Wildman–Crippen MR) is 164 cm³/mol. The molecule has 0 bridgehead atoms. The minimum Gasteiger partial charge on any atom is -0.444 e. The molecule has 0 radical (unpaired) electrons. The molecule has 1 aromatic carbocycles. The zero-order valence-corrected chi connectivity index (χ0v) is 27.3. The average Bonchev–Trinajstić information content (AvgIpc) is 3.33. The molecule has 250 valence electrons. The van der Waals surface area contributed by atoms with E-state index < -0.39 is 41.2 Å². The van der Waals surface area contributed by atoms with Crippen LogP contribution in [0.15, 0.2) is 12.1 Å². The largest absolute Gasteiger partial charge is 0.444 e. The van der Waals surface area contributed by atoms with Crippen LogP contribution in [0.2, 0.25) is 0 Å². The van der Waals surface area contributed by atoms with Crippen molar-refractivity contribution < 1.29 is 37.4 Å². The fourth-order valence-corrected chi connectivity index (χ4v) is 5.94. The third kappa shape index (κ3) is 8.69. The summed E-state index contributed by atoms with van der Waals surface area (Å²) in [7, 11) is 1.60. The summed E-state index contributed by atoms with van der Waals surface area (Å²) in [5.41, 5.74) is -0.259. The van der Waals surface area contributed by atoms with Gasteiger partial charge in [0, 0.05) is 65.1 Å². The number of unbranched alkanes of at least 4 members (excludes halogenated alkanes) is 1. The second kappa shape index (κ2) is 14.8. The third-order valence-corrected chi connectivity index (χ3v) is 7.98. The van der Waals surface area contributed by atoms with Crippen LogP contribution < -0.4 is 0 Å². The van der Waals surface area contributed by atoms with Gasteiger partial charge < -0.3 is 33.5 Å². The molecule has 0 spiro atoms. The summed E-state index contributed by atoms with van der Waals surface area (Å²) in [6, 6.07) is 1.53. The van der Waals surface area contributed by atoms with Crippen molar-refractivity contribution in [1.82, 2.24) is 24.3 Å². The van der Waals surface area contributed by atoms with Crippen molar-refractivity contribution in [3.05, 3.63) is 29.6 Å². The van der Waals surface area contributed by atoms with Gasteiger partial charge in [0.15, 0.2) is 17.5 Å². The first-order valence-corrected chi connectivity index (χ1v) is 15.8. The molecular formula is C32H47F2N5O6. The smallest absolute Gasteiger partial charge is 0.410 e. The number of amides is 3. The molecule has 2 aromatic rings. The number of ether oxygens (including phenoxy) is 3. The quantitative estimate of drug-likeness (QED) is 0.358. The number of nitrogens with zero attached hydrogens (tertiary/aromatic N) is 5. The molecule has 45 heavy (non-hydrogen) atoms. The maximum atomic E-state index is 14.5. The number of benzene rings is 1. The van der Waals surface area contributed by atoms with Crippen LogP contribution in [0.5, 0.6) is 0 Å². The van der Waals surface area contributed by atoms with E-state index in [1.54, 1.807) is 42.2 Å². The number of hydrogen-bond donors (Lipinski definition) is 0. The highest BCUT2D eigenvalue weighted by Gasteiger charge is 2.42. The Morgan fingerprint density at radius 3 is 2.40 bits per heavy atom. The summed E-state index contributed by atoms with van der Waals surface area (Å²) in [6.45, 7) is 12.6. The molecule has 2 atom stereocenters. The Morgan fingerprint density at radius 1 is 1.07 bits per heavy atom.